The van der Waals surface area contributed by atoms with Crippen molar-refractivity contribution in [1.29, 1.82) is 0 Å². The normalized spacial score (nSPS) is 10.7. The van der Waals surface area contributed by atoms with E-state index in [1.165, 1.54) is 25.6 Å². The quantitative estimate of drug-likeness (QED) is 0.522. The van der Waals surface area contributed by atoms with E-state index in [0.717, 1.165) is 21.3 Å². The number of carbonyl (C=O) groups excluding carboxylic acids is 2. The van der Waals surface area contributed by atoms with Gasteiger partial charge in [-0.2, -0.15) is 0 Å². The third kappa shape index (κ3) is 4.43. The van der Waals surface area contributed by atoms with E-state index in [9.17, 15) is 9.59 Å². The topological polar surface area (TPSA) is 126 Å². The molecule has 0 saturated heterocycles. The lowest BCUT2D eigenvalue weighted by atomic mass is 10.1. The summed E-state index contributed by atoms with van der Waals surface area (Å²) in [6, 6.07) is 5.36. The van der Waals surface area contributed by atoms with E-state index in [1.807, 2.05) is 13.0 Å². The zero-order chi connectivity index (χ0) is 21.8. The molecule has 0 fully saturated rings. The monoisotopic (exact) mass is 430 g/mol. The number of thiophene rings is 1. The molecule has 0 saturated carbocycles. The molecule has 0 bridgehead atoms. The van der Waals surface area contributed by atoms with Gasteiger partial charge >= 0.3 is 5.97 Å². The highest BCUT2D eigenvalue weighted by atomic mass is 32.1. The molecule has 9 nitrogen and oxygen atoms in total. The number of carbonyl (C=O) groups is 2. The standard InChI is InChI=1S/C20H22N4O5S/c1-10-16-18(23-11(2)24-19(16)30-17(10)20(26)28-4)22-8-12-5-6-13(14(7-12)27-3)29-9-15(21)25/h5-7H,8-9H2,1-4H3,(H2,21,25)(H,22,23,24). The summed E-state index contributed by atoms with van der Waals surface area (Å²) >= 11 is 1.28. The number of primary amides is 1. The van der Waals surface area contributed by atoms with Crippen molar-refractivity contribution in [3.8, 4) is 11.5 Å². The molecule has 30 heavy (non-hydrogen) atoms. The predicted octanol–water partition coefficient (Wildman–Crippen LogP) is 2.58. The number of aromatic nitrogens is 2. The largest absolute Gasteiger partial charge is 0.493 e. The lowest BCUT2D eigenvalue weighted by molar-refractivity contribution is -0.119. The minimum atomic E-state index is -0.566. The molecule has 2 aromatic heterocycles. The van der Waals surface area contributed by atoms with Crippen molar-refractivity contribution in [1.82, 2.24) is 9.97 Å². The average molecular weight is 430 g/mol. The van der Waals surface area contributed by atoms with E-state index >= 15 is 0 Å². The minimum Gasteiger partial charge on any atom is -0.493 e. The molecule has 0 aliphatic carbocycles. The fourth-order valence-corrected chi connectivity index (χ4v) is 4.08. The fourth-order valence-electron chi connectivity index (χ4n) is 2.94. The molecule has 1 aromatic carbocycles. The smallest absolute Gasteiger partial charge is 0.348 e. The van der Waals surface area contributed by atoms with E-state index in [4.69, 9.17) is 19.9 Å². The van der Waals surface area contributed by atoms with Gasteiger partial charge in [-0.1, -0.05) is 6.07 Å². The summed E-state index contributed by atoms with van der Waals surface area (Å²) < 4.78 is 15.6. The van der Waals surface area contributed by atoms with Gasteiger partial charge in [-0.3, -0.25) is 4.79 Å². The van der Waals surface area contributed by atoms with Crippen LogP contribution in [0.5, 0.6) is 11.5 Å². The van der Waals surface area contributed by atoms with Crippen molar-refractivity contribution in [3.05, 3.63) is 40.0 Å². The lowest BCUT2D eigenvalue weighted by Crippen LogP contribution is -2.20. The maximum absolute atomic E-state index is 12.0. The van der Waals surface area contributed by atoms with Gasteiger partial charge in [-0.05, 0) is 37.1 Å². The summed E-state index contributed by atoms with van der Waals surface area (Å²) in [6.45, 7) is 3.86. The number of anilines is 1. The van der Waals surface area contributed by atoms with Crippen LogP contribution in [-0.2, 0) is 16.1 Å². The first-order chi connectivity index (χ1) is 14.3. The molecule has 0 aliphatic heterocycles. The molecule has 1 amide bonds. The zero-order valence-corrected chi connectivity index (χ0v) is 17.9. The predicted molar refractivity (Wildman–Crippen MR) is 113 cm³/mol. The Morgan fingerprint density at radius 3 is 2.60 bits per heavy atom. The van der Waals surface area contributed by atoms with Gasteiger partial charge < -0.3 is 25.3 Å². The molecule has 10 heteroatoms. The van der Waals surface area contributed by atoms with Crippen LogP contribution in [0.25, 0.3) is 10.2 Å². The third-order valence-electron chi connectivity index (χ3n) is 4.33. The first-order valence-electron chi connectivity index (χ1n) is 9.02. The Labute approximate surface area is 177 Å². The van der Waals surface area contributed by atoms with Crippen LogP contribution in [0.15, 0.2) is 18.2 Å². The number of esters is 1. The number of nitrogens with two attached hydrogens (primary N) is 1. The molecule has 158 valence electrons. The Hall–Kier alpha value is -3.40. The highest BCUT2D eigenvalue weighted by molar-refractivity contribution is 7.20. The number of amides is 1. The molecule has 3 aromatic rings. The number of methoxy groups -OCH3 is 2. The minimum absolute atomic E-state index is 0.230. The van der Waals surface area contributed by atoms with Crippen molar-refractivity contribution in [2.75, 3.05) is 26.1 Å². The summed E-state index contributed by atoms with van der Waals surface area (Å²) in [5.74, 6) is 1.18. The second-order valence-electron chi connectivity index (χ2n) is 6.44. The highest BCUT2D eigenvalue weighted by Crippen LogP contribution is 2.35. The Kier molecular flexibility index (Phi) is 6.36. The van der Waals surface area contributed by atoms with Crippen LogP contribution in [0.3, 0.4) is 0 Å². The fraction of sp³-hybridized carbons (Fsp3) is 0.300. The van der Waals surface area contributed by atoms with E-state index in [1.54, 1.807) is 19.1 Å². The summed E-state index contributed by atoms with van der Waals surface area (Å²) in [5.41, 5.74) is 6.80. The number of ether oxygens (including phenoxy) is 3. The Bertz CT molecular complexity index is 1110. The van der Waals surface area contributed by atoms with Gasteiger partial charge in [0.2, 0.25) is 0 Å². The van der Waals surface area contributed by atoms with Crippen LogP contribution < -0.4 is 20.5 Å². The molecular formula is C20H22N4O5S. The first kappa shape index (κ1) is 21.3. The second-order valence-corrected chi connectivity index (χ2v) is 7.44. The summed E-state index contributed by atoms with van der Waals surface area (Å²) in [4.78, 5) is 33.2. The third-order valence-corrected chi connectivity index (χ3v) is 5.50. The molecule has 3 rings (SSSR count). The van der Waals surface area contributed by atoms with Gasteiger partial charge in [0, 0.05) is 6.54 Å². The van der Waals surface area contributed by atoms with Gasteiger partial charge in [-0.25, -0.2) is 14.8 Å². The number of hydrogen-bond donors (Lipinski definition) is 2. The summed E-state index contributed by atoms with van der Waals surface area (Å²) in [7, 11) is 2.87. The van der Waals surface area contributed by atoms with Crippen LogP contribution >= 0.6 is 11.3 Å². The van der Waals surface area contributed by atoms with Crippen LogP contribution in [-0.4, -0.2) is 42.7 Å². The number of aryl methyl sites for hydroxylation is 2. The molecule has 0 aliphatic rings. The molecule has 2 heterocycles. The summed E-state index contributed by atoms with van der Waals surface area (Å²) in [6.07, 6.45) is 0. The first-order valence-corrected chi connectivity index (χ1v) is 9.83. The van der Waals surface area contributed by atoms with Gasteiger partial charge in [0.1, 0.15) is 21.3 Å². The number of benzene rings is 1. The summed E-state index contributed by atoms with van der Waals surface area (Å²) in [5, 5.41) is 4.10. The molecule has 0 spiro atoms. The Balaban J connectivity index is 1.87. The van der Waals surface area contributed by atoms with Crippen molar-refractivity contribution in [3.63, 3.8) is 0 Å². The second kappa shape index (κ2) is 8.95. The van der Waals surface area contributed by atoms with E-state index in [2.05, 4.69) is 15.3 Å². The number of rotatable bonds is 8. The van der Waals surface area contributed by atoms with Gasteiger partial charge in [0.25, 0.3) is 5.91 Å². The van der Waals surface area contributed by atoms with Crippen LogP contribution in [0, 0.1) is 13.8 Å². The average Bonchev–Trinajstić information content (AvgIpc) is 3.06. The van der Waals surface area contributed by atoms with E-state index in [-0.39, 0.29) is 6.61 Å². The number of nitrogens with zero attached hydrogens (tertiary/aromatic N) is 2. The van der Waals surface area contributed by atoms with Crippen LogP contribution in [0.1, 0.15) is 26.6 Å². The molecule has 3 N–H and O–H groups in total. The van der Waals surface area contributed by atoms with Gasteiger partial charge in [0.05, 0.1) is 19.6 Å². The van der Waals surface area contributed by atoms with E-state index in [0.29, 0.717) is 34.6 Å². The number of hydrogen-bond acceptors (Lipinski definition) is 9. The van der Waals surface area contributed by atoms with Crippen LogP contribution in [0.2, 0.25) is 0 Å². The maximum Gasteiger partial charge on any atom is 0.348 e. The molecule has 0 atom stereocenters. The molecular weight excluding hydrogens is 408 g/mol. The highest BCUT2D eigenvalue weighted by Gasteiger charge is 2.20. The molecule has 0 radical (unpaired) electrons. The SMILES string of the molecule is COC(=O)c1sc2nc(C)nc(NCc3ccc(OCC(N)=O)c(OC)c3)c2c1C. The van der Waals surface area contributed by atoms with Gasteiger partial charge in [0.15, 0.2) is 18.1 Å². The number of fused-ring (bicyclic) bond motifs is 1. The Morgan fingerprint density at radius 2 is 1.93 bits per heavy atom. The van der Waals surface area contributed by atoms with Crippen molar-refractivity contribution in [2.24, 2.45) is 5.73 Å². The van der Waals surface area contributed by atoms with Crippen molar-refractivity contribution >= 4 is 39.2 Å². The lowest BCUT2D eigenvalue weighted by Gasteiger charge is -2.13. The van der Waals surface area contributed by atoms with Crippen molar-refractivity contribution in [2.45, 2.75) is 20.4 Å². The Morgan fingerprint density at radius 1 is 1.17 bits per heavy atom. The molecule has 0 unspecified atom stereocenters. The number of nitrogens with one attached hydrogen (secondary N) is 1. The van der Waals surface area contributed by atoms with Gasteiger partial charge in [-0.15, -0.1) is 11.3 Å². The maximum atomic E-state index is 12.0. The zero-order valence-electron chi connectivity index (χ0n) is 17.1. The van der Waals surface area contributed by atoms with E-state index < -0.39 is 11.9 Å². The van der Waals surface area contributed by atoms with Crippen LogP contribution in [0.4, 0.5) is 5.82 Å². The van der Waals surface area contributed by atoms with Crippen molar-refractivity contribution < 1.29 is 23.8 Å².